The van der Waals surface area contributed by atoms with Gasteiger partial charge < -0.3 is 0 Å². The number of benzene rings is 1. The topological polar surface area (TPSA) is 77.3 Å². The van der Waals surface area contributed by atoms with Crippen molar-refractivity contribution in [2.24, 2.45) is 5.92 Å². The molecule has 18 heavy (non-hydrogen) atoms. The lowest BCUT2D eigenvalue weighted by atomic mass is 9.83. The Hall–Kier alpha value is -2.04. The molecule has 0 heterocycles. The van der Waals surface area contributed by atoms with E-state index in [1.165, 1.54) is 24.3 Å². The Morgan fingerprint density at radius 3 is 2.44 bits per heavy atom. The SMILES string of the molecule is O=C1CCCC[C@H]1C(=O)c1ccc([N+](=O)[O-])cc1. The summed E-state index contributed by atoms with van der Waals surface area (Å²) < 4.78 is 0. The van der Waals surface area contributed by atoms with Gasteiger partial charge in [-0.1, -0.05) is 6.42 Å². The van der Waals surface area contributed by atoms with Gasteiger partial charge in [0.05, 0.1) is 10.8 Å². The van der Waals surface area contributed by atoms with Crippen molar-refractivity contribution in [2.75, 3.05) is 0 Å². The lowest BCUT2D eigenvalue weighted by molar-refractivity contribution is -0.384. The van der Waals surface area contributed by atoms with E-state index in [0.29, 0.717) is 18.4 Å². The molecule has 5 heteroatoms. The number of carbonyl (C=O) groups excluding carboxylic acids is 2. The third-order valence-corrected chi connectivity index (χ3v) is 3.23. The van der Waals surface area contributed by atoms with E-state index in [1.54, 1.807) is 0 Å². The van der Waals surface area contributed by atoms with E-state index in [9.17, 15) is 19.7 Å². The summed E-state index contributed by atoms with van der Waals surface area (Å²) >= 11 is 0. The number of carbonyl (C=O) groups is 2. The first-order valence-corrected chi connectivity index (χ1v) is 5.91. The summed E-state index contributed by atoms with van der Waals surface area (Å²) in [7, 11) is 0. The molecule has 94 valence electrons. The van der Waals surface area contributed by atoms with Gasteiger partial charge in [-0.3, -0.25) is 19.7 Å². The smallest absolute Gasteiger partial charge is 0.269 e. The molecule has 1 saturated carbocycles. The lowest BCUT2D eigenvalue weighted by Gasteiger charge is -2.19. The van der Waals surface area contributed by atoms with Gasteiger partial charge in [-0.05, 0) is 25.0 Å². The number of rotatable bonds is 3. The first-order chi connectivity index (χ1) is 8.59. The quantitative estimate of drug-likeness (QED) is 0.356. The van der Waals surface area contributed by atoms with Crippen LogP contribution in [-0.2, 0) is 4.79 Å². The Kier molecular flexibility index (Phi) is 3.50. The first-order valence-electron chi connectivity index (χ1n) is 5.91. The van der Waals surface area contributed by atoms with Crippen LogP contribution in [0.5, 0.6) is 0 Å². The van der Waals surface area contributed by atoms with Crippen LogP contribution in [0.1, 0.15) is 36.0 Å². The molecule has 5 nitrogen and oxygen atoms in total. The minimum Gasteiger partial charge on any atom is -0.299 e. The number of Topliss-reactive ketones (excluding diaryl/α,β-unsaturated/α-hetero) is 2. The second-order valence-electron chi connectivity index (χ2n) is 4.43. The van der Waals surface area contributed by atoms with Crippen molar-refractivity contribution < 1.29 is 14.5 Å². The van der Waals surface area contributed by atoms with Crippen LogP contribution >= 0.6 is 0 Å². The number of hydrogen-bond donors (Lipinski definition) is 0. The van der Waals surface area contributed by atoms with Crippen LogP contribution < -0.4 is 0 Å². The third-order valence-electron chi connectivity index (χ3n) is 3.23. The second kappa shape index (κ2) is 5.08. The van der Waals surface area contributed by atoms with Gasteiger partial charge >= 0.3 is 0 Å². The Labute approximate surface area is 104 Å². The van der Waals surface area contributed by atoms with Gasteiger partial charge in [-0.25, -0.2) is 0 Å². The number of nitrogens with zero attached hydrogens (tertiary/aromatic N) is 1. The number of hydrogen-bond acceptors (Lipinski definition) is 4. The van der Waals surface area contributed by atoms with Crippen molar-refractivity contribution in [1.29, 1.82) is 0 Å². The minimum absolute atomic E-state index is 0.00963. The Balaban J connectivity index is 2.17. The molecule has 0 N–H and O–H groups in total. The van der Waals surface area contributed by atoms with E-state index >= 15 is 0 Å². The summed E-state index contributed by atoms with van der Waals surface area (Å²) in [6.45, 7) is 0. The van der Waals surface area contributed by atoms with Gasteiger partial charge in [0, 0.05) is 24.1 Å². The van der Waals surface area contributed by atoms with Crippen LogP contribution in [-0.4, -0.2) is 16.5 Å². The summed E-state index contributed by atoms with van der Waals surface area (Å²) in [5.74, 6) is -0.778. The van der Waals surface area contributed by atoms with Crippen molar-refractivity contribution in [1.82, 2.24) is 0 Å². The fraction of sp³-hybridized carbons (Fsp3) is 0.385. The molecule has 0 spiro atoms. The molecular formula is C13H13NO4. The van der Waals surface area contributed by atoms with E-state index < -0.39 is 10.8 Å². The van der Waals surface area contributed by atoms with Gasteiger partial charge in [0.15, 0.2) is 5.78 Å². The zero-order valence-electron chi connectivity index (χ0n) is 9.80. The summed E-state index contributed by atoms with van der Waals surface area (Å²) in [5, 5.41) is 10.5. The van der Waals surface area contributed by atoms with Crippen LogP contribution in [0.25, 0.3) is 0 Å². The Bertz CT molecular complexity index is 492. The van der Waals surface area contributed by atoms with Gasteiger partial charge in [0.1, 0.15) is 5.78 Å². The Morgan fingerprint density at radius 2 is 1.89 bits per heavy atom. The molecule has 0 radical (unpaired) electrons. The normalized spacial score (nSPS) is 19.6. The maximum Gasteiger partial charge on any atom is 0.269 e. The van der Waals surface area contributed by atoms with Gasteiger partial charge in [-0.2, -0.15) is 0 Å². The van der Waals surface area contributed by atoms with Crippen LogP contribution in [0.3, 0.4) is 0 Å². The molecule has 0 bridgehead atoms. The maximum absolute atomic E-state index is 12.1. The van der Waals surface area contributed by atoms with Crippen LogP contribution in [0, 0.1) is 16.0 Å². The van der Waals surface area contributed by atoms with Crippen molar-refractivity contribution in [3.8, 4) is 0 Å². The highest BCUT2D eigenvalue weighted by molar-refractivity contribution is 6.10. The predicted octanol–water partition coefficient (Wildman–Crippen LogP) is 2.54. The average Bonchev–Trinajstić information content (AvgIpc) is 2.38. The molecule has 0 aliphatic heterocycles. The maximum atomic E-state index is 12.1. The first kappa shape index (κ1) is 12.4. The minimum atomic E-state index is -0.555. The number of ketones is 2. The monoisotopic (exact) mass is 247 g/mol. The van der Waals surface area contributed by atoms with Crippen LogP contribution in [0.15, 0.2) is 24.3 Å². The van der Waals surface area contributed by atoms with Gasteiger partial charge in [0.25, 0.3) is 5.69 Å². The lowest BCUT2D eigenvalue weighted by Crippen LogP contribution is -2.27. The average molecular weight is 247 g/mol. The molecule has 0 aromatic heterocycles. The number of nitro groups is 1. The van der Waals surface area contributed by atoms with E-state index in [0.717, 1.165) is 12.8 Å². The van der Waals surface area contributed by atoms with Crippen molar-refractivity contribution in [3.05, 3.63) is 39.9 Å². The zero-order chi connectivity index (χ0) is 13.1. The Morgan fingerprint density at radius 1 is 1.22 bits per heavy atom. The van der Waals surface area contributed by atoms with Crippen LogP contribution in [0.4, 0.5) is 5.69 Å². The van der Waals surface area contributed by atoms with E-state index in [4.69, 9.17) is 0 Å². The molecule has 1 aromatic rings. The third kappa shape index (κ3) is 2.45. The summed E-state index contributed by atoms with van der Waals surface area (Å²) in [5.41, 5.74) is 0.322. The van der Waals surface area contributed by atoms with Gasteiger partial charge in [-0.15, -0.1) is 0 Å². The second-order valence-corrected chi connectivity index (χ2v) is 4.43. The van der Waals surface area contributed by atoms with Crippen molar-refractivity contribution in [2.45, 2.75) is 25.7 Å². The highest BCUT2D eigenvalue weighted by atomic mass is 16.6. The molecule has 0 saturated heterocycles. The molecule has 1 fully saturated rings. The van der Waals surface area contributed by atoms with Crippen LogP contribution in [0.2, 0.25) is 0 Å². The summed E-state index contributed by atoms with van der Waals surface area (Å²) in [4.78, 5) is 33.7. The van der Waals surface area contributed by atoms with Crippen molar-refractivity contribution in [3.63, 3.8) is 0 Å². The fourth-order valence-electron chi connectivity index (χ4n) is 2.21. The molecule has 2 rings (SSSR count). The van der Waals surface area contributed by atoms with E-state index in [2.05, 4.69) is 0 Å². The van der Waals surface area contributed by atoms with E-state index in [-0.39, 0.29) is 17.3 Å². The molecule has 1 aromatic carbocycles. The number of non-ortho nitro benzene ring substituents is 1. The highest BCUT2D eigenvalue weighted by Crippen LogP contribution is 2.25. The summed E-state index contributed by atoms with van der Waals surface area (Å²) in [6, 6.07) is 5.42. The molecule has 1 atom stereocenters. The molecule has 0 amide bonds. The summed E-state index contributed by atoms with van der Waals surface area (Å²) in [6.07, 6.45) is 2.79. The molecule has 1 aliphatic carbocycles. The molecule has 0 unspecified atom stereocenters. The highest BCUT2D eigenvalue weighted by Gasteiger charge is 2.29. The standard InChI is InChI=1S/C13H13NO4/c15-12-4-2-1-3-11(12)13(16)9-5-7-10(8-6-9)14(17)18/h5-8,11H,1-4H2/t11-/m1/s1. The zero-order valence-corrected chi connectivity index (χ0v) is 9.80. The van der Waals surface area contributed by atoms with Gasteiger partial charge in [0.2, 0.25) is 0 Å². The van der Waals surface area contributed by atoms with E-state index in [1.807, 2.05) is 0 Å². The van der Waals surface area contributed by atoms with Crippen molar-refractivity contribution >= 4 is 17.3 Å². The predicted molar refractivity (Wildman–Crippen MR) is 64.4 cm³/mol. The largest absolute Gasteiger partial charge is 0.299 e. The fourth-order valence-corrected chi connectivity index (χ4v) is 2.21. The molecular weight excluding hydrogens is 234 g/mol. The number of nitro benzene ring substituents is 1. The molecule has 1 aliphatic rings.